The van der Waals surface area contributed by atoms with E-state index in [1.165, 1.54) is 0 Å². The third-order valence-electron chi connectivity index (χ3n) is 4.82. The van der Waals surface area contributed by atoms with Crippen LogP contribution in [-0.2, 0) is 14.9 Å². The van der Waals surface area contributed by atoms with Gasteiger partial charge in [-0.2, -0.15) is 20.2 Å². The van der Waals surface area contributed by atoms with Crippen molar-refractivity contribution in [1.29, 1.82) is 0 Å². The van der Waals surface area contributed by atoms with Crippen molar-refractivity contribution < 1.29 is 45.1 Å². The molecular weight excluding hydrogens is 449 g/mol. The first kappa shape index (κ1) is 22.8. The zero-order valence-corrected chi connectivity index (χ0v) is 17.2. The molecule has 2 saturated heterocycles. The fourth-order valence-corrected chi connectivity index (χ4v) is 5.65. The molecule has 3 unspecified atom stereocenters. The number of halogens is 3. The van der Waals surface area contributed by atoms with Crippen LogP contribution in [0.2, 0.25) is 0 Å². The van der Waals surface area contributed by atoms with E-state index in [1.54, 1.807) is 17.8 Å². The molecule has 0 amide bonds. The smallest absolute Gasteiger partial charge is 0.478 e. The first-order valence-electron chi connectivity index (χ1n) is 8.91. The second-order valence-corrected chi connectivity index (χ2v) is 10.0. The van der Waals surface area contributed by atoms with E-state index in [4.69, 9.17) is 14.0 Å². The fraction of sp³-hybridized carbons (Fsp3) is 0.500. The zero-order valence-electron chi connectivity index (χ0n) is 15.6. The lowest BCUT2D eigenvalue weighted by molar-refractivity contribution is -0.275. The van der Waals surface area contributed by atoms with E-state index in [0.29, 0.717) is 11.7 Å². The van der Waals surface area contributed by atoms with Gasteiger partial charge in [-0.15, -0.1) is 13.2 Å². The Balaban J connectivity index is 1.85. The van der Waals surface area contributed by atoms with Gasteiger partial charge in [0.15, 0.2) is 11.5 Å². The normalized spacial score (nSPS) is 25.7. The van der Waals surface area contributed by atoms with Crippen molar-refractivity contribution in [3.05, 3.63) is 36.4 Å². The molecule has 2 aliphatic rings. The molecule has 30 heavy (non-hydrogen) atoms. The lowest BCUT2D eigenvalue weighted by Gasteiger charge is -2.35. The number of hydrogen-bond donors (Lipinski definition) is 1. The van der Waals surface area contributed by atoms with Crippen molar-refractivity contribution in [2.45, 2.75) is 41.7 Å². The summed E-state index contributed by atoms with van der Waals surface area (Å²) in [6.45, 7) is 3.16. The van der Waals surface area contributed by atoms with E-state index < -0.39 is 46.2 Å². The Morgan fingerprint density at radius 3 is 2.60 bits per heavy atom. The van der Waals surface area contributed by atoms with E-state index in [9.17, 15) is 26.4 Å². The van der Waals surface area contributed by atoms with Gasteiger partial charge in [-0.25, -0.2) is 4.79 Å². The number of benzene rings is 1. The average molecular weight is 468 g/mol. The van der Waals surface area contributed by atoms with Gasteiger partial charge in [0, 0.05) is 16.9 Å². The summed E-state index contributed by atoms with van der Waals surface area (Å²) in [5, 5.41) is 0.331. The summed E-state index contributed by atoms with van der Waals surface area (Å²) in [5.41, 5.74) is -1.06. The van der Waals surface area contributed by atoms with E-state index in [0.717, 1.165) is 31.0 Å². The van der Waals surface area contributed by atoms with Crippen molar-refractivity contribution in [3.63, 3.8) is 0 Å². The molecule has 12 heteroatoms. The van der Waals surface area contributed by atoms with E-state index in [1.807, 2.05) is 0 Å². The zero-order chi connectivity index (χ0) is 22.2. The molecule has 7 nitrogen and oxygen atoms in total. The highest BCUT2D eigenvalue weighted by Crippen LogP contribution is 2.54. The molecule has 166 valence electrons. The van der Waals surface area contributed by atoms with Crippen LogP contribution in [0.3, 0.4) is 0 Å². The molecule has 0 spiro atoms. The molecule has 3 rings (SSSR count). The maximum atomic E-state index is 12.8. The minimum absolute atomic E-state index is 0.0177. The Labute approximate surface area is 175 Å². The van der Waals surface area contributed by atoms with Crippen LogP contribution in [-0.4, -0.2) is 53.8 Å². The lowest BCUT2D eigenvalue weighted by atomic mass is 9.84. The van der Waals surface area contributed by atoms with Crippen LogP contribution in [0.4, 0.5) is 13.2 Å². The Bertz CT molecular complexity index is 932. The number of fused-ring (bicyclic) bond motifs is 2. The van der Waals surface area contributed by atoms with Crippen molar-refractivity contribution >= 4 is 27.8 Å². The predicted octanol–water partition coefficient (Wildman–Crippen LogP) is 3.60. The van der Waals surface area contributed by atoms with Gasteiger partial charge in [0.25, 0.3) is 10.1 Å². The molecule has 0 radical (unpaired) electrons. The topological polar surface area (TPSA) is 99.1 Å². The number of esters is 1. The summed E-state index contributed by atoms with van der Waals surface area (Å²) in [4.78, 5) is 12.2. The van der Waals surface area contributed by atoms with Crippen LogP contribution < -0.4 is 9.47 Å². The molecule has 0 aromatic heterocycles. The molecule has 1 N–H and O–H groups in total. The minimum atomic E-state index is -4.97. The Kier molecular flexibility index (Phi) is 6.30. The third-order valence-corrected chi connectivity index (χ3v) is 7.26. The van der Waals surface area contributed by atoms with Gasteiger partial charge in [-0.1, -0.05) is 6.58 Å². The summed E-state index contributed by atoms with van der Waals surface area (Å²) in [5.74, 6) is -2.72. The molecular formula is C18H19F3O7S2. The molecule has 0 aliphatic carbocycles. The van der Waals surface area contributed by atoms with Crippen molar-refractivity contribution in [2.24, 2.45) is 0 Å². The third kappa shape index (κ3) is 5.41. The van der Waals surface area contributed by atoms with Gasteiger partial charge in [-0.05, 0) is 37.1 Å². The number of carbonyl (C=O) groups excluding carboxylic acids is 1. The van der Waals surface area contributed by atoms with Crippen LogP contribution >= 0.6 is 11.8 Å². The Hall–Kier alpha value is -1.92. The first-order chi connectivity index (χ1) is 13.9. The van der Waals surface area contributed by atoms with Gasteiger partial charge in [-0.3, -0.25) is 4.55 Å². The summed E-state index contributed by atoms with van der Waals surface area (Å²) >= 11 is 1.69. The molecule has 3 atom stereocenters. The second kappa shape index (κ2) is 8.31. The van der Waals surface area contributed by atoms with Gasteiger partial charge < -0.3 is 14.2 Å². The number of ether oxygens (including phenoxy) is 3. The van der Waals surface area contributed by atoms with E-state index >= 15 is 0 Å². The van der Waals surface area contributed by atoms with E-state index in [-0.39, 0.29) is 16.6 Å². The van der Waals surface area contributed by atoms with Crippen molar-refractivity contribution in [1.82, 2.24) is 0 Å². The summed E-state index contributed by atoms with van der Waals surface area (Å²) < 4.78 is 83.3. The molecule has 0 saturated carbocycles. The maximum absolute atomic E-state index is 12.8. The highest BCUT2D eigenvalue weighted by molar-refractivity contribution is 8.01. The van der Waals surface area contributed by atoms with Crippen LogP contribution in [0.15, 0.2) is 30.9 Å². The highest BCUT2D eigenvalue weighted by Gasteiger charge is 2.52. The predicted molar refractivity (Wildman–Crippen MR) is 102 cm³/mol. The minimum Gasteiger partial charge on any atom is -0.478 e. The Morgan fingerprint density at radius 1 is 1.33 bits per heavy atom. The van der Waals surface area contributed by atoms with Crippen LogP contribution in [0.1, 0.15) is 29.6 Å². The number of thioether (sulfide) groups is 1. The van der Waals surface area contributed by atoms with Gasteiger partial charge in [0.05, 0.1) is 5.56 Å². The fourth-order valence-electron chi connectivity index (χ4n) is 3.52. The number of carbonyl (C=O) groups is 1. The monoisotopic (exact) mass is 468 g/mol. The van der Waals surface area contributed by atoms with Crippen molar-refractivity contribution in [3.8, 4) is 11.5 Å². The SMILES string of the molecule is C=CC1(Oc2cc(C(=O)OCCS(=O)(=O)O)ccc2OC(F)(F)F)CC2CCC1S2. The molecule has 2 fully saturated rings. The molecule has 2 aliphatic heterocycles. The number of alkyl halides is 3. The quantitative estimate of drug-likeness (QED) is 0.351. The summed E-state index contributed by atoms with van der Waals surface area (Å²) in [6.07, 6.45) is -1.02. The first-order valence-corrected chi connectivity index (χ1v) is 11.5. The van der Waals surface area contributed by atoms with Gasteiger partial charge >= 0.3 is 12.3 Å². The standard InChI is InChI=1S/C18H19F3O7S2/c1-2-17(10-12-4-6-15(17)29-12)27-14-9-11(3-5-13(14)28-18(19,20)21)16(22)26-7-8-30(23,24)25/h2-3,5,9,12,15H,1,4,6-8,10H2,(H,23,24,25). The molecule has 2 bridgehead atoms. The van der Waals surface area contributed by atoms with Crippen molar-refractivity contribution in [2.75, 3.05) is 12.4 Å². The second-order valence-electron chi connectivity index (χ2n) is 6.92. The molecule has 1 aromatic rings. The summed E-state index contributed by atoms with van der Waals surface area (Å²) in [7, 11) is -4.33. The van der Waals surface area contributed by atoms with Crippen LogP contribution in [0.5, 0.6) is 11.5 Å². The number of rotatable bonds is 8. The Morgan fingerprint density at radius 2 is 2.07 bits per heavy atom. The summed E-state index contributed by atoms with van der Waals surface area (Å²) in [6, 6.07) is 3.03. The lowest BCUT2D eigenvalue weighted by Crippen LogP contribution is -2.42. The van der Waals surface area contributed by atoms with Crippen LogP contribution in [0.25, 0.3) is 0 Å². The van der Waals surface area contributed by atoms with E-state index in [2.05, 4.69) is 11.3 Å². The van der Waals surface area contributed by atoms with Gasteiger partial charge in [0.1, 0.15) is 18.0 Å². The van der Waals surface area contributed by atoms with Crippen LogP contribution in [0, 0.1) is 0 Å². The average Bonchev–Trinajstić information content (AvgIpc) is 3.22. The molecule has 1 aromatic carbocycles. The molecule has 2 heterocycles. The highest BCUT2D eigenvalue weighted by atomic mass is 32.2. The van der Waals surface area contributed by atoms with Gasteiger partial charge in [0.2, 0.25) is 0 Å². The largest absolute Gasteiger partial charge is 0.573 e. The maximum Gasteiger partial charge on any atom is 0.573 e. The number of hydrogen-bond acceptors (Lipinski definition) is 7.